The topological polar surface area (TPSA) is 367 Å². The van der Waals surface area contributed by atoms with Crippen molar-refractivity contribution in [2.24, 2.45) is 10.8 Å². The molecule has 0 spiro atoms. The molecule has 2 radical (unpaired) electrons. The summed E-state index contributed by atoms with van der Waals surface area (Å²) < 4.78 is 16.9. The molecule has 0 aliphatic rings. The van der Waals surface area contributed by atoms with E-state index in [-0.39, 0.29) is 31.8 Å². The molecule has 0 atom stereocenters. The summed E-state index contributed by atoms with van der Waals surface area (Å²) in [5.41, 5.74) is 19.6. The molecule has 0 bridgehead atoms. The van der Waals surface area contributed by atoms with Crippen molar-refractivity contribution in [1.82, 2.24) is 29.9 Å². The molecule has 0 aliphatic heterocycles. The number of nitrogens with two attached hydrogens (primary N) is 1. The van der Waals surface area contributed by atoms with Crippen LogP contribution in [0.3, 0.4) is 0 Å². The van der Waals surface area contributed by atoms with E-state index in [0.717, 1.165) is 106 Å². The summed E-state index contributed by atoms with van der Waals surface area (Å²) in [5.74, 6) is 2.26. The molecule has 3 amide bonds. The van der Waals surface area contributed by atoms with Gasteiger partial charge in [-0.25, -0.2) is 29.9 Å². The summed E-state index contributed by atoms with van der Waals surface area (Å²) in [4.78, 5) is 75.4. The summed E-state index contributed by atoms with van der Waals surface area (Å²) in [6.45, 7) is 20.8. The van der Waals surface area contributed by atoms with Crippen LogP contribution in [0.4, 0.5) is 47.9 Å². The standard InChI is InChI=1S/3C18H20N4O2S2.C2H6O.CH3N3.CH3NO2.CH5N.CH4.2ClH.Sn/c3*1-4-15(23)22-18-19-11(3)16(26-18)13-10-25-17(21-13)20-12-8-6-7-9-14(12)24-5-2;1-2-3;1-3-4-2;1-2(3)4;1-2;;;;/h3*6-10H,4-5H2,1-3H3,(H,20,21)(H,19,22,23);3H,2H2,1H3;2*1H3;2H2,1H3;1H4;2*1H;/q;;;;;;;;;;+2/p-2. The Bertz CT molecular complexity index is 3390. The number of aryl methyl sites for hydroxylation is 3. The quantitative estimate of drug-likeness (QED) is 0.00827. The molecule has 9 rings (SSSR count). The van der Waals surface area contributed by atoms with Gasteiger partial charge in [-0.05, 0) is 97.4 Å². The summed E-state index contributed by atoms with van der Waals surface area (Å²) in [6.07, 6.45) is 1.29. The van der Waals surface area contributed by atoms with Gasteiger partial charge < -0.3 is 57.0 Å². The van der Waals surface area contributed by atoms with Crippen molar-refractivity contribution in [3.63, 3.8) is 0 Å². The Hall–Kier alpha value is -7.34. The van der Waals surface area contributed by atoms with Crippen LogP contribution in [0.5, 0.6) is 17.2 Å². The van der Waals surface area contributed by atoms with E-state index in [9.17, 15) is 14.4 Å². The number of carbonyl (C=O) groups excluding carboxylic acids is 3. The van der Waals surface area contributed by atoms with Crippen LogP contribution in [0.15, 0.2) is 94.1 Å². The third kappa shape index (κ3) is 31.4. The number of halogens is 2. The van der Waals surface area contributed by atoms with Gasteiger partial charge in [0.1, 0.15) is 17.2 Å². The van der Waals surface area contributed by atoms with Crippen molar-refractivity contribution < 1.29 is 38.6 Å². The van der Waals surface area contributed by atoms with Crippen LogP contribution < -0.4 is 51.8 Å². The van der Waals surface area contributed by atoms with Crippen LogP contribution in [0.1, 0.15) is 92.2 Å². The fourth-order valence-corrected chi connectivity index (χ4v) is 12.1. The normalized spacial score (nSPS) is 9.57. The van der Waals surface area contributed by atoms with E-state index in [0.29, 0.717) is 54.5 Å². The molecular formula is C60H81Cl2N17O9S6Sn. The van der Waals surface area contributed by atoms with Crippen molar-refractivity contribution >= 4 is 170 Å². The Morgan fingerprint density at radius 3 is 1.01 bits per heavy atom. The first-order valence-electron chi connectivity index (χ1n) is 28.6. The molecule has 3 aromatic carbocycles. The second-order valence-electron chi connectivity index (χ2n) is 17.4. The van der Waals surface area contributed by atoms with Crippen molar-refractivity contribution in [3.8, 4) is 49.0 Å². The number of ether oxygens (including phenoxy) is 3. The molecule has 6 aromatic heterocycles. The number of carbonyl (C=O) groups is 3. The predicted molar refractivity (Wildman–Crippen MR) is 398 cm³/mol. The number of nitrogens with one attached hydrogen (secondary N) is 6. The van der Waals surface area contributed by atoms with E-state index in [1.54, 1.807) is 6.92 Å². The molecule has 0 aliphatic carbocycles. The number of hydrogen-bond donors (Lipinski definition) is 8. The maximum absolute atomic E-state index is 11.6. The average molecular weight is 1570 g/mol. The summed E-state index contributed by atoms with van der Waals surface area (Å²) in [5, 5.41) is 47.7. The van der Waals surface area contributed by atoms with Gasteiger partial charge in [0.2, 0.25) is 17.7 Å². The Balaban J connectivity index is 0.000000635. The first-order chi connectivity index (χ1) is 45.3. The number of rotatable bonds is 21. The Morgan fingerprint density at radius 2 is 0.800 bits per heavy atom. The van der Waals surface area contributed by atoms with Crippen LogP contribution in [0, 0.1) is 30.9 Å². The van der Waals surface area contributed by atoms with Gasteiger partial charge in [0.15, 0.2) is 37.8 Å². The Labute approximate surface area is 595 Å². The number of thiazole rings is 6. The number of nitrogens with zero attached hydrogens (tertiary/aromatic N) is 10. The van der Waals surface area contributed by atoms with Crippen molar-refractivity contribution in [2.45, 2.75) is 95.9 Å². The van der Waals surface area contributed by atoms with Gasteiger partial charge in [0.25, 0.3) is 0 Å². The van der Waals surface area contributed by atoms with Gasteiger partial charge in [0, 0.05) is 58.9 Å². The van der Waals surface area contributed by atoms with Crippen LogP contribution in [0.25, 0.3) is 42.2 Å². The van der Waals surface area contributed by atoms with Crippen LogP contribution in [-0.4, -0.2) is 124 Å². The number of aliphatic hydroxyl groups excluding tert-OH is 1. The summed E-state index contributed by atoms with van der Waals surface area (Å²) in [7, 11) is 13.6. The fourth-order valence-electron chi connectivity index (χ4n) is 6.89. The number of amides is 3. The SMILES string of the molecule is C.CCO.CCOc1ccccc1Nc1nc(-c2sc(NC(=O)CC)nc2C)cs1.CCOc1ccccc1Nc1nc(-c2sc(NC(=O)CC)nc2C)cs1.CCOc1ccccc1Nc1nc(-c2sc(NC(=O)CC)nc2C)cs1.CN.CN=[N+]=[N-].C[N+](=O)[O-].[Cl][Sn][Cl]. The molecule has 0 saturated carbocycles. The van der Waals surface area contributed by atoms with E-state index >= 15 is 0 Å². The number of nitro groups is 1. The van der Waals surface area contributed by atoms with E-state index in [1.165, 1.54) is 82.1 Å². The molecule has 95 heavy (non-hydrogen) atoms. The molecule has 0 unspecified atom stereocenters. The molecular weight excluding hydrogens is 1480 g/mol. The van der Waals surface area contributed by atoms with Gasteiger partial charge in [-0.1, -0.05) is 104 Å². The third-order valence-electron chi connectivity index (χ3n) is 10.7. The Morgan fingerprint density at radius 1 is 0.568 bits per heavy atom. The molecule has 0 saturated heterocycles. The molecule has 26 nitrogen and oxygen atoms in total. The zero-order chi connectivity index (χ0) is 70.0. The van der Waals surface area contributed by atoms with Crippen molar-refractivity contribution in [1.29, 1.82) is 0 Å². The number of para-hydroxylation sites is 6. The van der Waals surface area contributed by atoms with E-state index in [1.807, 2.05) is 151 Å². The first-order valence-corrected chi connectivity index (χ1v) is 40.9. The number of benzene rings is 3. The summed E-state index contributed by atoms with van der Waals surface area (Å²) in [6, 6.07) is 23.3. The number of hydrogen-bond acceptors (Lipinski definition) is 26. The average Bonchev–Trinajstić information content (AvgIpc) is 1.71. The molecule has 514 valence electrons. The third-order valence-corrected chi connectivity index (χ3v) is 16.2. The van der Waals surface area contributed by atoms with E-state index < -0.39 is 23.8 Å². The molecule has 9 N–H and O–H groups in total. The zero-order valence-corrected chi connectivity index (χ0v) is 63.3. The number of aromatic nitrogens is 6. The second-order valence-corrected chi connectivity index (χ2v) is 27.2. The van der Waals surface area contributed by atoms with Gasteiger partial charge in [-0.3, -0.25) is 24.5 Å². The Kier molecular flexibility index (Phi) is 44.4. The number of azide groups is 1. The number of anilines is 9. The second kappa shape index (κ2) is 49.2. The van der Waals surface area contributed by atoms with Crippen molar-refractivity contribution in [3.05, 3.63) is 127 Å². The van der Waals surface area contributed by atoms with Crippen LogP contribution in [0.2, 0.25) is 0 Å². The summed E-state index contributed by atoms with van der Waals surface area (Å²) >= 11 is 8.03. The van der Waals surface area contributed by atoms with Crippen molar-refractivity contribution in [2.75, 3.05) is 79.5 Å². The maximum atomic E-state index is 11.6. The van der Waals surface area contributed by atoms with Gasteiger partial charge in [-0.15, -0.1) is 34.0 Å². The predicted octanol–water partition coefficient (Wildman–Crippen LogP) is 17.2. The molecule has 35 heteroatoms. The molecule has 6 heterocycles. The minimum absolute atomic E-state index is 0. The van der Waals surface area contributed by atoms with Gasteiger partial charge >= 0.3 is 36.7 Å². The first kappa shape index (κ1) is 85.7. The van der Waals surface area contributed by atoms with Crippen LogP contribution in [-0.2, 0) is 14.4 Å². The monoisotopic (exact) mass is 1570 g/mol. The van der Waals surface area contributed by atoms with E-state index in [4.69, 9.17) is 52.8 Å². The van der Waals surface area contributed by atoms with E-state index in [2.05, 4.69) is 77.6 Å². The fraction of sp³-hybridized carbons (Fsp3) is 0.350. The van der Waals surface area contributed by atoms with Crippen LogP contribution >= 0.6 is 85.9 Å². The van der Waals surface area contributed by atoms with Gasteiger partial charge in [-0.2, -0.15) is 0 Å². The minimum atomic E-state index is -0.826. The molecule has 0 fully saturated rings. The number of aliphatic hydroxyl groups is 1. The molecule has 9 aromatic rings. The zero-order valence-electron chi connectivity index (χ0n) is 54.1. The van der Waals surface area contributed by atoms with Gasteiger partial charge in [0.05, 0.1) is 85.7 Å².